The third kappa shape index (κ3) is 4.65. The van der Waals surface area contributed by atoms with E-state index in [2.05, 4.69) is 5.32 Å². The molecule has 2 fully saturated rings. The number of carbonyl (C=O) groups is 1. The molecule has 144 valence electrons. The summed E-state index contributed by atoms with van der Waals surface area (Å²) in [6, 6.07) is 5.02. The molecule has 3 rings (SSSR count). The first-order chi connectivity index (χ1) is 12.4. The first kappa shape index (κ1) is 18.9. The highest BCUT2D eigenvalue weighted by molar-refractivity contribution is 5.74. The van der Waals surface area contributed by atoms with Crippen LogP contribution in [-0.4, -0.2) is 62.0 Å². The summed E-state index contributed by atoms with van der Waals surface area (Å²) in [6.45, 7) is 9.29. The van der Waals surface area contributed by atoms with Crippen molar-refractivity contribution in [2.45, 2.75) is 45.6 Å². The van der Waals surface area contributed by atoms with E-state index in [-0.39, 0.29) is 30.2 Å². The number of urea groups is 1. The van der Waals surface area contributed by atoms with Crippen LogP contribution in [0.2, 0.25) is 0 Å². The van der Waals surface area contributed by atoms with Crippen molar-refractivity contribution in [3.05, 3.63) is 29.6 Å². The van der Waals surface area contributed by atoms with Crippen molar-refractivity contribution < 1.29 is 18.7 Å². The number of nitrogens with zero attached hydrogens (tertiary/aromatic N) is 2. The Morgan fingerprint density at radius 3 is 2.58 bits per heavy atom. The van der Waals surface area contributed by atoms with Gasteiger partial charge in [0.25, 0.3) is 0 Å². The molecule has 0 unspecified atom stereocenters. The van der Waals surface area contributed by atoms with Crippen LogP contribution in [0.25, 0.3) is 0 Å². The van der Waals surface area contributed by atoms with Crippen LogP contribution in [-0.2, 0) is 16.0 Å². The molecule has 0 radical (unpaired) electrons. The molecule has 2 aliphatic heterocycles. The number of hydrogen-bond acceptors (Lipinski definition) is 4. The number of morpholine rings is 2. The van der Waals surface area contributed by atoms with Crippen molar-refractivity contribution in [1.29, 1.82) is 0 Å². The number of ether oxygens (including phenoxy) is 2. The van der Waals surface area contributed by atoms with Gasteiger partial charge in [-0.05, 0) is 38.5 Å². The third-order valence-electron chi connectivity index (χ3n) is 4.74. The zero-order valence-corrected chi connectivity index (χ0v) is 15.7. The molecule has 1 aromatic carbocycles. The molecule has 1 aromatic rings. The maximum Gasteiger partial charge on any atom is 0.317 e. The van der Waals surface area contributed by atoms with Gasteiger partial charge in [-0.15, -0.1) is 0 Å². The molecule has 0 aliphatic carbocycles. The first-order valence-electron chi connectivity index (χ1n) is 9.25. The van der Waals surface area contributed by atoms with Crippen molar-refractivity contribution in [2.24, 2.45) is 0 Å². The van der Waals surface area contributed by atoms with Crippen LogP contribution < -0.4 is 10.2 Å². The van der Waals surface area contributed by atoms with E-state index in [0.29, 0.717) is 45.0 Å². The van der Waals surface area contributed by atoms with Gasteiger partial charge >= 0.3 is 6.03 Å². The van der Waals surface area contributed by atoms with Crippen molar-refractivity contribution >= 4 is 11.7 Å². The summed E-state index contributed by atoms with van der Waals surface area (Å²) in [6.07, 6.45) is 0.200. The van der Waals surface area contributed by atoms with Crippen molar-refractivity contribution in [3.63, 3.8) is 0 Å². The number of hydrogen-bond donors (Lipinski definition) is 1. The minimum absolute atomic E-state index is 0.0459. The normalized spacial score (nSPS) is 26.7. The summed E-state index contributed by atoms with van der Waals surface area (Å²) in [5.41, 5.74) is 1.33. The standard InChI is InChI=1S/C19H28FN3O3/c1-13-10-22(6-7-25-13)19(24)21-9-16-4-5-18(17(20)8-16)23-11-14(2)26-15(3)12-23/h4-5,8,13-15H,6-7,9-12H2,1-3H3,(H,21,24)/t13-,14+,15+/m1/s1. The van der Waals surface area contributed by atoms with E-state index in [1.165, 1.54) is 6.07 Å². The molecule has 26 heavy (non-hydrogen) atoms. The molecule has 0 saturated carbocycles. The molecule has 0 spiro atoms. The molecular weight excluding hydrogens is 337 g/mol. The summed E-state index contributed by atoms with van der Waals surface area (Å²) in [5.74, 6) is -0.266. The topological polar surface area (TPSA) is 54.0 Å². The molecule has 2 saturated heterocycles. The average Bonchev–Trinajstić information content (AvgIpc) is 2.59. The largest absolute Gasteiger partial charge is 0.375 e. The smallest absolute Gasteiger partial charge is 0.317 e. The van der Waals surface area contributed by atoms with Crippen LogP contribution in [0, 0.1) is 5.82 Å². The lowest BCUT2D eigenvalue weighted by Gasteiger charge is -2.37. The molecule has 0 bridgehead atoms. The zero-order valence-electron chi connectivity index (χ0n) is 15.7. The lowest BCUT2D eigenvalue weighted by molar-refractivity contribution is -0.00539. The van der Waals surface area contributed by atoms with Crippen molar-refractivity contribution in [3.8, 4) is 0 Å². The van der Waals surface area contributed by atoms with Gasteiger partial charge in [0.1, 0.15) is 5.82 Å². The Labute approximate surface area is 154 Å². The predicted octanol–water partition coefficient (Wildman–Crippen LogP) is 2.37. The summed E-state index contributed by atoms with van der Waals surface area (Å²) >= 11 is 0. The average molecular weight is 365 g/mol. The van der Waals surface area contributed by atoms with Gasteiger partial charge in [0.05, 0.1) is 30.6 Å². The zero-order chi connectivity index (χ0) is 18.7. The summed E-state index contributed by atoms with van der Waals surface area (Å²) in [7, 11) is 0. The van der Waals surface area contributed by atoms with Gasteiger partial charge < -0.3 is 24.6 Å². The van der Waals surface area contributed by atoms with Crippen LogP contribution in [0.4, 0.5) is 14.9 Å². The maximum atomic E-state index is 14.6. The number of halogens is 1. The number of rotatable bonds is 3. The van der Waals surface area contributed by atoms with E-state index in [9.17, 15) is 9.18 Å². The van der Waals surface area contributed by atoms with Gasteiger partial charge in [-0.1, -0.05) is 6.07 Å². The fourth-order valence-corrected chi connectivity index (χ4v) is 3.58. The quantitative estimate of drug-likeness (QED) is 0.894. The van der Waals surface area contributed by atoms with Crippen LogP contribution >= 0.6 is 0 Å². The molecule has 0 aromatic heterocycles. The van der Waals surface area contributed by atoms with Crippen LogP contribution in [0.3, 0.4) is 0 Å². The van der Waals surface area contributed by atoms with Crippen LogP contribution in [0.5, 0.6) is 0 Å². The van der Waals surface area contributed by atoms with E-state index >= 15 is 0 Å². The maximum absolute atomic E-state index is 14.6. The number of benzene rings is 1. The molecule has 2 amide bonds. The Morgan fingerprint density at radius 1 is 1.19 bits per heavy atom. The Hall–Kier alpha value is -1.86. The van der Waals surface area contributed by atoms with Crippen LogP contribution in [0.1, 0.15) is 26.3 Å². The highest BCUT2D eigenvalue weighted by Gasteiger charge is 2.24. The van der Waals surface area contributed by atoms with Gasteiger partial charge in [0.15, 0.2) is 0 Å². The number of amides is 2. The van der Waals surface area contributed by atoms with Crippen LogP contribution in [0.15, 0.2) is 18.2 Å². The highest BCUT2D eigenvalue weighted by Crippen LogP contribution is 2.24. The van der Waals surface area contributed by atoms with Gasteiger partial charge in [-0.25, -0.2) is 9.18 Å². The SMILES string of the molecule is C[C@@H]1CN(C(=O)NCc2ccc(N3C[C@H](C)O[C@@H](C)C3)c(F)c2)CCO1. The van der Waals surface area contributed by atoms with E-state index < -0.39 is 0 Å². The summed E-state index contributed by atoms with van der Waals surface area (Å²) < 4.78 is 25.7. The second-order valence-electron chi connectivity index (χ2n) is 7.23. The molecule has 2 aliphatic rings. The third-order valence-corrected chi connectivity index (χ3v) is 4.74. The minimum Gasteiger partial charge on any atom is -0.375 e. The lowest BCUT2D eigenvalue weighted by atomic mass is 10.1. The molecule has 7 heteroatoms. The molecule has 3 atom stereocenters. The monoisotopic (exact) mass is 365 g/mol. The predicted molar refractivity (Wildman–Crippen MR) is 97.8 cm³/mol. The van der Waals surface area contributed by atoms with E-state index in [4.69, 9.17) is 9.47 Å². The summed E-state index contributed by atoms with van der Waals surface area (Å²) in [5, 5.41) is 2.86. The fraction of sp³-hybridized carbons (Fsp3) is 0.632. The highest BCUT2D eigenvalue weighted by atomic mass is 19.1. The minimum atomic E-state index is -0.266. The lowest BCUT2D eigenvalue weighted by Crippen LogP contribution is -2.48. The van der Waals surface area contributed by atoms with Crippen molar-refractivity contribution in [2.75, 3.05) is 37.7 Å². The molecular formula is C19H28FN3O3. The second-order valence-corrected chi connectivity index (χ2v) is 7.23. The van der Waals surface area contributed by atoms with Gasteiger partial charge in [0, 0.05) is 32.7 Å². The van der Waals surface area contributed by atoms with E-state index in [1.54, 1.807) is 11.0 Å². The first-order valence-corrected chi connectivity index (χ1v) is 9.25. The van der Waals surface area contributed by atoms with E-state index in [0.717, 1.165) is 5.56 Å². The Bertz CT molecular complexity index is 632. The Kier molecular flexibility index (Phi) is 5.98. The number of anilines is 1. The Balaban J connectivity index is 1.58. The summed E-state index contributed by atoms with van der Waals surface area (Å²) in [4.78, 5) is 16.0. The van der Waals surface area contributed by atoms with E-state index in [1.807, 2.05) is 31.7 Å². The molecule has 2 heterocycles. The number of nitrogens with one attached hydrogen (secondary N) is 1. The molecule has 1 N–H and O–H groups in total. The molecule has 6 nitrogen and oxygen atoms in total. The van der Waals surface area contributed by atoms with Gasteiger partial charge in [0.2, 0.25) is 0 Å². The van der Waals surface area contributed by atoms with Crippen molar-refractivity contribution in [1.82, 2.24) is 10.2 Å². The second kappa shape index (κ2) is 8.22. The fourth-order valence-electron chi connectivity index (χ4n) is 3.58. The van der Waals surface area contributed by atoms with Gasteiger partial charge in [-0.2, -0.15) is 0 Å². The number of carbonyl (C=O) groups excluding carboxylic acids is 1. The van der Waals surface area contributed by atoms with Gasteiger partial charge in [-0.3, -0.25) is 0 Å². The Morgan fingerprint density at radius 2 is 1.92 bits per heavy atom.